The SMILES string of the molecule is Cc1nsnc1COc1ccc(C(=O)NCCc2ccco2)cc1. The maximum Gasteiger partial charge on any atom is 0.251 e. The van der Waals surface area contributed by atoms with Crippen molar-refractivity contribution in [2.45, 2.75) is 20.0 Å². The molecular weight excluding hydrogens is 326 g/mol. The second kappa shape index (κ2) is 7.74. The highest BCUT2D eigenvalue weighted by Gasteiger charge is 2.07. The van der Waals surface area contributed by atoms with Gasteiger partial charge in [0.15, 0.2) is 0 Å². The Morgan fingerprint density at radius 2 is 2.08 bits per heavy atom. The van der Waals surface area contributed by atoms with Crippen molar-refractivity contribution in [3.8, 4) is 5.75 Å². The summed E-state index contributed by atoms with van der Waals surface area (Å²) < 4.78 is 19.2. The van der Waals surface area contributed by atoms with Gasteiger partial charge >= 0.3 is 0 Å². The lowest BCUT2D eigenvalue weighted by Crippen LogP contribution is -2.25. The van der Waals surface area contributed by atoms with Crippen LogP contribution in [0.1, 0.15) is 27.5 Å². The van der Waals surface area contributed by atoms with Crippen LogP contribution in [0, 0.1) is 6.92 Å². The van der Waals surface area contributed by atoms with E-state index in [0.29, 0.717) is 30.9 Å². The number of benzene rings is 1. The van der Waals surface area contributed by atoms with Crippen molar-refractivity contribution in [2.75, 3.05) is 6.54 Å². The van der Waals surface area contributed by atoms with Crippen molar-refractivity contribution in [3.05, 3.63) is 65.4 Å². The van der Waals surface area contributed by atoms with Crippen molar-refractivity contribution >= 4 is 17.6 Å². The minimum Gasteiger partial charge on any atom is -0.487 e. The molecule has 124 valence electrons. The first-order valence-corrected chi connectivity index (χ1v) is 8.27. The number of carbonyl (C=O) groups is 1. The number of aromatic nitrogens is 2. The summed E-state index contributed by atoms with van der Waals surface area (Å²) in [5.41, 5.74) is 2.31. The Bertz CT molecular complexity index is 782. The van der Waals surface area contributed by atoms with Crippen molar-refractivity contribution in [1.82, 2.24) is 14.1 Å². The van der Waals surface area contributed by atoms with Gasteiger partial charge in [0, 0.05) is 18.5 Å². The molecule has 0 saturated heterocycles. The lowest BCUT2D eigenvalue weighted by molar-refractivity contribution is 0.0953. The molecule has 0 atom stereocenters. The van der Waals surface area contributed by atoms with Crippen molar-refractivity contribution in [3.63, 3.8) is 0 Å². The molecule has 1 N–H and O–H groups in total. The fourth-order valence-corrected chi connectivity index (χ4v) is 2.64. The van der Waals surface area contributed by atoms with Crippen LogP contribution in [-0.4, -0.2) is 21.2 Å². The van der Waals surface area contributed by atoms with Gasteiger partial charge < -0.3 is 14.5 Å². The second-order valence-corrected chi connectivity index (χ2v) is 5.72. The third-order valence-corrected chi connectivity index (χ3v) is 4.13. The maximum absolute atomic E-state index is 12.1. The Morgan fingerprint density at radius 3 is 2.75 bits per heavy atom. The Kier molecular flexibility index (Phi) is 5.22. The molecule has 3 aromatic rings. The van der Waals surface area contributed by atoms with Crippen LogP contribution >= 0.6 is 11.7 Å². The van der Waals surface area contributed by atoms with Gasteiger partial charge in [0.1, 0.15) is 23.8 Å². The maximum atomic E-state index is 12.1. The van der Waals surface area contributed by atoms with Gasteiger partial charge in [0.2, 0.25) is 0 Å². The predicted molar refractivity (Wildman–Crippen MR) is 90.2 cm³/mol. The zero-order valence-corrected chi connectivity index (χ0v) is 14.0. The Morgan fingerprint density at radius 1 is 1.25 bits per heavy atom. The van der Waals surface area contributed by atoms with Gasteiger partial charge in [-0.15, -0.1) is 0 Å². The van der Waals surface area contributed by atoms with Gasteiger partial charge in [-0.1, -0.05) is 0 Å². The number of ether oxygens (including phenoxy) is 1. The highest BCUT2D eigenvalue weighted by Crippen LogP contribution is 2.15. The van der Waals surface area contributed by atoms with E-state index in [1.54, 1.807) is 30.5 Å². The topological polar surface area (TPSA) is 77.2 Å². The van der Waals surface area contributed by atoms with Crippen LogP contribution in [0.2, 0.25) is 0 Å². The monoisotopic (exact) mass is 343 g/mol. The number of aryl methyl sites for hydroxylation is 1. The third kappa shape index (κ3) is 4.20. The normalized spacial score (nSPS) is 10.5. The molecule has 1 amide bonds. The molecule has 0 fully saturated rings. The zero-order chi connectivity index (χ0) is 16.8. The van der Waals surface area contributed by atoms with E-state index in [9.17, 15) is 4.79 Å². The summed E-state index contributed by atoms with van der Waals surface area (Å²) in [6.45, 7) is 2.80. The third-order valence-electron chi connectivity index (χ3n) is 3.48. The molecular formula is C17H17N3O3S. The number of rotatable bonds is 7. The average molecular weight is 343 g/mol. The first kappa shape index (κ1) is 16.2. The minimum absolute atomic E-state index is 0.118. The van der Waals surface area contributed by atoms with Crippen LogP contribution in [0.5, 0.6) is 5.75 Å². The van der Waals surface area contributed by atoms with Gasteiger partial charge in [-0.2, -0.15) is 8.75 Å². The van der Waals surface area contributed by atoms with Crippen LogP contribution in [0.25, 0.3) is 0 Å². The molecule has 0 bridgehead atoms. The van der Waals surface area contributed by atoms with E-state index in [1.807, 2.05) is 19.1 Å². The number of amides is 1. The Hall–Kier alpha value is -2.67. The zero-order valence-electron chi connectivity index (χ0n) is 13.2. The highest BCUT2D eigenvalue weighted by atomic mass is 32.1. The van der Waals surface area contributed by atoms with E-state index < -0.39 is 0 Å². The van der Waals surface area contributed by atoms with Crippen LogP contribution in [0.3, 0.4) is 0 Å². The quantitative estimate of drug-likeness (QED) is 0.713. The van der Waals surface area contributed by atoms with Gasteiger partial charge in [0.05, 0.1) is 23.7 Å². The summed E-state index contributed by atoms with van der Waals surface area (Å²) in [5.74, 6) is 1.42. The number of hydrogen-bond donors (Lipinski definition) is 1. The molecule has 3 rings (SSSR count). The summed E-state index contributed by atoms with van der Waals surface area (Å²) in [7, 11) is 0. The summed E-state index contributed by atoms with van der Waals surface area (Å²) >= 11 is 1.17. The molecule has 0 aliphatic carbocycles. The predicted octanol–water partition coefficient (Wildman–Crippen LogP) is 2.99. The first-order valence-electron chi connectivity index (χ1n) is 7.54. The summed E-state index contributed by atoms with van der Waals surface area (Å²) in [4.78, 5) is 12.1. The van der Waals surface area contributed by atoms with Crippen molar-refractivity contribution in [1.29, 1.82) is 0 Å². The molecule has 0 unspecified atom stereocenters. The average Bonchev–Trinajstić information content (AvgIpc) is 3.25. The fourth-order valence-electron chi connectivity index (χ4n) is 2.09. The lowest BCUT2D eigenvalue weighted by Gasteiger charge is -2.07. The number of furan rings is 1. The van der Waals surface area contributed by atoms with E-state index in [0.717, 1.165) is 17.1 Å². The molecule has 2 aromatic heterocycles. The second-order valence-electron chi connectivity index (χ2n) is 5.19. The number of carbonyl (C=O) groups excluding carboxylic acids is 1. The van der Waals surface area contributed by atoms with Gasteiger partial charge in [-0.3, -0.25) is 4.79 Å². The van der Waals surface area contributed by atoms with E-state index in [1.165, 1.54) is 11.7 Å². The first-order chi connectivity index (χ1) is 11.7. The molecule has 1 aromatic carbocycles. The standard InChI is InChI=1S/C17H17N3O3S/c1-12-16(20-24-19-12)11-23-15-6-4-13(5-7-15)17(21)18-9-8-14-3-2-10-22-14/h2-7,10H,8-9,11H2,1H3,(H,18,21). The molecule has 24 heavy (non-hydrogen) atoms. The summed E-state index contributed by atoms with van der Waals surface area (Å²) in [6.07, 6.45) is 2.29. The van der Waals surface area contributed by atoms with Crippen LogP contribution in [0.4, 0.5) is 0 Å². The Labute approximate surface area is 143 Å². The minimum atomic E-state index is -0.118. The molecule has 0 saturated carbocycles. The number of nitrogens with one attached hydrogen (secondary N) is 1. The molecule has 7 heteroatoms. The van der Waals surface area contributed by atoms with E-state index >= 15 is 0 Å². The van der Waals surface area contributed by atoms with Crippen LogP contribution in [-0.2, 0) is 13.0 Å². The number of hydrogen-bond acceptors (Lipinski definition) is 6. The molecule has 0 aliphatic rings. The molecule has 0 aliphatic heterocycles. The van der Waals surface area contributed by atoms with Crippen molar-refractivity contribution in [2.24, 2.45) is 0 Å². The summed E-state index contributed by atoms with van der Waals surface area (Å²) in [5, 5.41) is 2.86. The van der Waals surface area contributed by atoms with Gasteiger partial charge in [-0.05, 0) is 43.3 Å². The van der Waals surface area contributed by atoms with E-state index in [2.05, 4.69) is 14.1 Å². The van der Waals surface area contributed by atoms with Gasteiger partial charge in [0.25, 0.3) is 5.91 Å². The Balaban J connectivity index is 1.48. The molecule has 0 radical (unpaired) electrons. The van der Waals surface area contributed by atoms with Crippen LogP contribution < -0.4 is 10.1 Å². The van der Waals surface area contributed by atoms with E-state index in [4.69, 9.17) is 9.15 Å². The lowest BCUT2D eigenvalue weighted by atomic mass is 10.2. The largest absolute Gasteiger partial charge is 0.487 e. The highest BCUT2D eigenvalue weighted by molar-refractivity contribution is 6.99. The van der Waals surface area contributed by atoms with Crippen molar-refractivity contribution < 1.29 is 13.9 Å². The smallest absolute Gasteiger partial charge is 0.251 e. The molecule has 2 heterocycles. The number of nitrogens with zero attached hydrogens (tertiary/aromatic N) is 2. The van der Waals surface area contributed by atoms with E-state index in [-0.39, 0.29) is 5.91 Å². The summed E-state index contributed by atoms with van der Waals surface area (Å²) in [6, 6.07) is 10.7. The van der Waals surface area contributed by atoms with Crippen LogP contribution in [0.15, 0.2) is 47.1 Å². The molecule has 0 spiro atoms. The fraction of sp³-hybridized carbons (Fsp3) is 0.235. The molecule has 6 nitrogen and oxygen atoms in total. The van der Waals surface area contributed by atoms with Gasteiger partial charge in [-0.25, -0.2) is 0 Å².